The lowest BCUT2D eigenvalue weighted by atomic mass is 10.1. The number of benzene rings is 1. The summed E-state index contributed by atoms with van der Waals surface area (Å²) in [6.07, 6.45) is 2.73. The van der Waals surface area contributed by atoms with Crippen molar-refractivity contribution < 1.29 is 0 Å². The van der Waals surface area contributed by atoms with E-state index in [1.54, 1.807) is 6.20 Å². The van der Waals surface area contributed by atoms with Crippen LogP contribution >= 0.6 is 0 Å². The maximum atomic E-state index is 4.17. The second-order valence-corrected chi connectivity index (χ2v) is 3.12. The zero-order valence-corrected chi connectivity index (χ0v) is 8.14. The molecule has 2 rings (SSSR count). The van der Waals surface area contributed by atoms with Crippen molar-refractivity contribution in [2.75, 3.05) is 0 Å². The lowest BCUT2D eigenvalue weighted by Gasteiger charge is -2.04. The zero-order valence-electron chi connectivity index (χ0n) is 8.14. The van der Waals surface area contributed by atoms with Gasteiger partial charge in [-0.3, -0.25) is 0 Å². The summed E-state index contributed by atoms with van der Waals surface area (Å²) in [4.78, 5) is 0. The Morgan fingerprint density at radius 3 is 2.57 bits per heavy atom. The average molecular weight is 184 g/mol. The van der Waals surface area contributed by atoms with Crippen molar-refractivity contribution in [1.29, 1.82) is 0 Å². The average Bonchev–Trinajstić information content (AvgIpc) is 2.30. The maximum absolute atomic E-state index is 4.17. The van der Waals surface area contributed by atoms with Gasteiger partial charge in [0.15, 0.2) is 0 Å². The van der Waals surface area contributed by atoms with E-state index in [1.807, 2.05) is 24.3 Å². The van der Waals surface area contributed by atoms with E-state index in [0.717, 1.165) is 17.7 Å². The standard InChI is InChI=1S/C12H12N2/c1-2-10-8-9-13-14-12(10)11-6-4-3-5-7-11/h3-9H,2H2,1H3. The van der Waals surface area contributed by atoms with Gasteiger partial charge in [-0.05, 0) is 18.1 Å². The molecule has 1 aromatic heterocycles. The van der Waals surface area contributed by atoms with Gasteiger partial charge in [-0.25, -0.2) is 0 Å². The quantitative estimate of drug-likeness (QED) is 0.717. The highest BCUT2D eigenvalue weighted by Crippen LogP contribution is 2.19. The summed E-state index contributed by atoms with van der Waals surface area (Å²) in [5, 5.41) is 8.09. The molecule has 0 radical (unpaired) electrons. The first-order valence-corrected chi connectivity index (χ1v) is 4.78. The molecule has 0 aliphatic carbocycles. The van der Waals surface area contributed by atoms with Crippen LogP contribution in [0.4, 0.5) is 0 Å². The van der Waals surface area contributed by atoms with Crippen molar-refractivity contribution in [3.8, 4) is 11.3 Å². The van der Waals surface area contributed by atoms with Crippen molar-refractivity contribution in [1.82, 2.24) is 10.2 Å². The summed E-state index contributed by atoms with van der Waals surface area (Å²) in [5.41, 5.74) is 3.37. The van der Waals surface area contributed by atoms with Crippen LogP contribution in [0.5, 0.6) is 0 Å². The molecular weight excluding hydrogens is 172 g/mol. The third-order valence-corrected chi connectivity index (χ3v) is 2.23. The molecule has 0 saturated carbocycles. The molecule has 1 aromatic carbocycles. The van der Waals surface area contributed by atoms with Crippen LogP contribution in [-0.2, 0) is 6.42 Å². The molecule has 2 heteroatoms. The lowest BCUT2D eigenvalue weighted by Crippen LogP contribution is -1.93. The van der Waals surface area contributed by atoms with Gasteiger partial charge in [-0.15, -0.1) is 0 Å². The van der Waals surface area contributed by atoms with E-state index >= 15 is 0 Å². The highest BCUT2D eigenvalue weighted by atomic mass is 15.1. The Morgan fingerprint density at radius 1 is 1.07 bits per heavy atom. The van der Waals surface area contributed by atoms with Crippen molar-refractivity contribution in [3.05, 3.63) is 48.2 Å². The van der Waals surface area contributed by atoms with Gasteiger partial charge >= 0.3 is 0 Å². The molecule has 0 unspecified atom stereocenters. The van der Waals surface area contributed by atoms with Crippen LogP contribution in [0.15, 0.2) is 42.6 Å². The van der Waals surface area contributed by atoms with Crippen molar-refractivity contribution in [3.63, 3.8) is 0 Å². The largest absolute Gasteiger partial charge is 0.159 e. The van der Waals surface area contributed by atoms with Crippen molar-refractivity contribution >= 4 is 0 Å². The molecule has 14 heavy (non-hydrogen) atoms. The molecule has 70 valence electrons. The predicted octanol–water partition coefficient (Wildman–Crippen LogP) is 2.71. The minimum atomic E-state index is 0.986. The molecule has 1 heterocycles. The Hall–Kier alpha value is -1.70. The molecule has 0 N–H and O–H groups in total. The Bertz CT molecular complexity index is 410. The molecule has 0 atom stereocenters. The van der Waals surface area contributed by atoms with Gasteiger partial charge in [0.25, 0.3) is 0 Å². The second kappa shape index (κ2) is 4.01. The number of aryl methyl sites for hydroxylation is 1. The van der Waals surface area contributed by atoms with Crippen LogP contribution in [-0.4, -0.2) is 10.2 Å². The molecule has 0 saturated heterocycles. The lowest BCUT2D eigenvalue weighted by molar-refractivity contribution is 0.991. The smallest absolute Gasteiger partial charge is 0.0961 e. The fourth-order valence-electron chi connectivity index (χ4n) is 1.48. The second-order valence-electron chi connectivity index (χ2n) is 3.12. The molecule has 2 aromatic rings. The first-order valence-electron chi connectivity index (χ1n) is 4.78. The van der Waals surface area contributed by atoms with Crippen molar-refractivity contribution in [2.45, 2.75) is 13.3 Å². The zero-order chi connectivity index (χ0) is 9.80. The summed E-state index contributed by atoms with van der Waals surface area (Å²) in [5.74, 6) is 0. The van der Waals surface area contributed by atoms with E-state index in [-0.39, 0.29) is 0 Å². The van der Waals surface area contributed by atoms with Crippen LogP contribution < -0.4 is 0 Å². The van der Waals surface area contributed by atoms with Gasteiger partial charge in [0.05, 0.1) is 5.69 Å². The van der Waals surface area contributed by atoms with Crippen LogP contribution in [0, 0.1) is 0 Å². The Labute approximate surface area is 83.6 Å². The van der Waals surface area contributed by atoms with E-state index < -0.39 is 0 Å². The van der Waals surface area contributed by atoms with Gasteiger partial charge in [0, 0.05) is 11.8 Å². The minimum Gasteiger partial charge on any atom is -0.159 e. The van der Waals surface area contributed by atoms with Gasteiger partial charge in [0.2, 0.25) is 0 Å². The number of hydrogen-bond donors (Lipinski definition) is 0. The Balaban J connectivity index is 2.51. The number of nitrogens with zero attached hydrogens (tertiary/aromatic N) is 2. The van der Waals surface area contributed by atoms with E-state index in [0.29, 0.717) is 0 Å². The van der Waals surface area contributed by atoms with Crippen LogP contribution in [0.25, 0.3) is 11.3 Å². The first kappa shape index (κ1) is 8.88. The molecule has 0 aliphatic rings. The summed E-state index contributed by atoms with van der Waals surface area (Å²) in [6.45, 7) is 2.13. The Morgan fingerprint density at radius 2 is 1.86 bits per heavy atom. The predicted molar refractivity (Wildman–Crippen MR) is 56.8 cm³/mol. The highest BCUT2D eigenvalue weighted by molar-refractivity contribution is 5.62. The molecule has 0 spiro atoms. The van der Waals surface area contributed by atoms with Gasteiger partial charge in [-0.2, -0.15) is 10.2 Å². The number of aromatic nitrogens is 2. The van der Waals surface area contributed by atoms with Gasteiger partial charge in [-0.1, -0.05) is 37.3 Å². The Kier molecular flexibility index (Phi) is 2.54. The number of hydrogen-bond acceptors (Lipinski definition) is 2. The normalized spacial score (nSPS) is 10.1. The molecule has 0 amide bonds. The molecule has 0 fully saturated rings. The summed E-state index contributed by atoms with van der Waals surface area (Å²) >= 11 is 0. The van der Waals surface area contributed by atoms with Gasteiger partial charge < -0.3 is 0 Å². The number of rotatable bonds is 2. The topological polar surface area (TPSA) is 25.8 Å². The fourth-order valence-corrected chi connectivity index (χ4v) is 1.48. The summed E-state index contributed by atoms with van der Waals surface area (Å²) < 4.78 is 0. The SMILES string of the molecule is CCc1ccnnc1-c1ccccc1. The maximum Gasteiger partial charge on any atom is 0.0961 e. The summed E-state index contributed by atoms with van der Waals surface area (Å²) in [7, 11) is 0. The van der Waals surface area contributed by atoms with Crippen LogP contribution in [0.3, 0.4) is 0 Å². The fraction of sp³-hybridized carbons (Fsp3) is 0.167. The van der Waals surface area contributed by atoms with E-state index in [9.17, 15) is 0 Å². The molecule has 0 aliphatic heterocycles. The van der Waals surface area contributed by atoms with Gasteiger partial charge in [0.1, 0.15) is 0 Å². The molecule has 0 bridgehead atoms. The first-order chi connectivity index (χ1) is 6.92. The van der Waals surface area contributed by atoms with E-state index in [4.69, 9.17) is 0 Å². The minimum absolute atomic E-state index is 0.986. The molecule has 2 nitrogen and oxygen atoms in total. The van der Waals surface area contributed by atoms with Crippen molar-refractivity contribution in [2.24, 2.45) is 0 Å². The monoisotopic (exact) mass is 184 g/mol. The van der Waals surface area contributed by atoms with Crippen LogP contribution in [0.2, 0.25) is 0 Å². The van der Waals surface area contributed by atoms with E-state index in [2.05, 4.69) is 29.3 Å². The van der Waals surface area contributed by atoms with E-state index in [1.165, 1.54) is 5.56 Å². The summed E-state index contributed by atoms with van der Waals surface area (Å²) in [6, 6.07) is 12.2. The van der Waals surface area contributed by atoms with Crippen LogP contribution in [0.1, 0.15) is 12.5 Å². The molecular formula is C12H12N2. The third kappa shape index (κ3) is 1.64. The highest BCUT2D eigenvalue weighted by Gasteiger charge is 2.03. The third-order valence-electron chi connectivity index (χ3n) is 2.23.